The molecule has 0 saturated heterocycles. The molecule has 0 amide bonds. The third-order valence-corrected chi connectivity index (χ3v) is 7.23. The third-order valence-electron chi connectivity index (χ3n) is 7.23. The highest BCUT2D eigenvalue weighted by Gasteiger charge is 2.54. The summed E-state index contributed by atoms with van der Waals surface area (Å²) in [5, 5.41) is 12.6. The number of nitrogens with zero attached hydrogens (tertiary/aromatic N) is 1. The molecule has 3 aliphatic carbocycles. The zero-order valence-corrected chi connectivity index (χ0v) is 14.4. The summed E-state index contributed by atoms with van der Waals surface area (Å²) in [6, 6.07) is 0. The van der Waals surface area contributed by atoms with Gasteiger partial charge >= 0.3 is 0 Å². The lowest BCUT2D eigenvalue weighted by Crippen LogP contribution is -2.50. The minimum atomic E-state index is 0.0484. The van der Waals surface area contributed by atoms with Gasteiger partial charge in [-0.2, -0.15) is 0 Å². The van der Waals surface area contributed by atoms with Crippen LogP contribution in [0, 0.1) is 28.1 Å². The van der Waals surface area contributed by atoms with E-state index >= 15 is 0 Å². The standard InChI is InChI=1S/C20H31NO/c1-5-18(2)12-9-16-15(13-18)7-8-17-19(3,14-21-22)10-6-11-20(16,17)4/h5,9,14-15,17,22H,1,6-8,10-13H2,2-4H3/t15?,17?,18-,19-,20-/m1/s1. The van der Waals surface area contributed by atoms with Crippen LogP contribution in [0.4, 0.5) is 0 Å². The average Bonchev–Trinajstić information content (AvgIpc) is 2.47. The zero-order chi connectivity index (χ0) is 16.0. The van der Waals surface area contributed by atoms with Crippen molar-refractivity contribution in [2.24, 2.45) is 33.2 Å². The summed E-state index contributed by atoms with van der Waals surface area (Å²) in [4.78, 5) is 0. The quantitative estimate of drug-likeness (QED) is 0.307. The Balaban J connectivity index is 1.97. The molecule has 22 heavy (non-hydrogen) atoms. The number of allylic oxidation sites excluding steroid dienone is 3. The van der Waals surface area contributed by atoms with Crippen molar-refractivity contribution < 1.29 is 5.21 Å². The second kappa shape index (κ2) is 5.25. The highest BCUT2D eigenvalue weighted by atomic mass is 16.4. The Bertz CT molecular complexity index is 522. The molecule has 0 aromatic heterocycles. The largest absolute Gasteiger partial charge is 0.411 e. The monoisotopic (exact) mass is 301 g/mol. The van der Waals surface area contributed by atoms with Crippen LogP contribution in [0.3, 0.4) is 0 Å². The summed E-state index contributed by atoms with van der Waals surface area (Å²) in [6.45, 7) is 11.2. The van der Waals surface area contributed by atoms with Gasteiger partial charge in [-0.15, -0.1) is 11.7 Å². The fourth-order valence-corrected chi connectivity index (χ4v) is 5.95. The van der Waals surface area contributed by atoms with Gasteiger partial charge in [-0.1, -0.05) is 44.9 Å². The van der Waals surface area contributed by atoms with Crippen molar-refractivity contribution in [2.45, 2.75) is 65.7 Å². The lowest BCUT2D eigenvalue weighted by atomic mass is 9.46. The number of hydrogen-bond acceptors (Lipinski definition) is 2. The number of hydrogen-bond donors (Lipinski definition) is 1. The molecule has 0 radical (unpaired) electrons. The van der Waals surface area contributed by atoms with Crippen LogP contribution >= 0.6 is 0 Å². The van der Waals surface area contributed by atoms with Gasteiger partial charge in [0.05, 0.1) is 0 Å². The van der Waals surface area contributed by atoms with Gasteiger partial charge in [-0.3, -0.25) is 0 Å². The van der Waals surface area contributed by atoms with Gasteiger partial charge in [0, 0.05) is 11.6 Å². The first kappa shape index (κ1) is 15.8. The van der Waals surface area contributed by atoms with Crippen LogP contribution in [0.15, 0.2) is 29.5 Å². The van der Waals surface area contributed by atoms with Gasteiger partial charge in [0.25, 0.3) is 0 Å². The van der Waals surface area contributed by atoms with Gasteiger partial charge in [0.1, 0.15) is 0 Å². The Morgan fingerprint density at radius 2 is 2.05 bits per heavy atom. The van der Waals surface area contributed by atoms with E-state index in [4.69, 9.17) is 5.21 Å². The van der Waals surface area contributed by atoms with Gasteiger partial charge in [-0.25, -0.2) is 0 Å². The van der Waals surface area contributed by atoms with Crippen LogP contribution < -0.4 is 0 Å². The second-order valence-corrected chi connectivity index (χ2v) is 8.77. The molecule has 0 bridgehead atoms. The van der Waals surface area contributed by atoms with Crippen LogP contribution in [0.1, 0.15) is 65.7 Å². The van der Waals surface area contributed by atoms with E-state index in [2.05, 4.69) is 44.7 Å². The van der Waals surface area contributed by atoms with Crippen molar-refractivity contribution >= 4 is 6.21 Å². The Morgan fingerprint density at radius 1 is 1.27 bits per heavy atom. The van der Waals surface area contributed by atoms with Crippen molar-refractivity contribution in [3.05, 3.63) is 24.3 Å². The maximum Gasteiger partial charge on any atom is 0.0498 e. The summed E-state index contributed by atoms with van der Waals surface area (Å²) in [6.07, 6.45) is 15.1. The van der Waals surface area contributed by atoms with E-state index in [1.807, 2.05) is 6.21 Å². The lowest BCUT2D eigenvalue weighted by Gasteiger charge is -2.58. The fourth-order valence-electron chi connectivity index (χ4n) is 5.95. The summed E-state index contributed by atoms with van der Waals surface area (Å²) >= 11 is 0. The molecule has 0 aromatic carbocycles. The average molecular weight is 301 g/mol. The number of rotatable bonds is 2. The molecule has 1 N–H and O–H groups in total. The van der Waals surface area contributed by atoms with Crippen molar-refractivity contribution in [3.63, 3.8) is 0 Å². The number of fused-ring (bicyclic) bond motifs is 3. The molecule has 0 heterocycles. The smallest absolute Gasteiger partial charge is 0.0498 e. The van der Waals surface area contributed by atoms with E-state index in [1.54, 1.807) is 5.57 Å². The van der Waals surface area contributed by atoms with E-state index in [-0.39, 0.29) is 10.8 Å². The predicted octanol–water partition coefficient (Wildman–Crippen LogP) is 5.58. The van der Waals surface area contributed by atoms with Crippen molar-refractivity contribution in [1.82, 2.24) is 0 Å². The Labute approximate surface area is 135 Å². The molecule has 2 nitrogen and oxygen atoms in total. The van der Waals surface area contributed by atoms with E-state index in [1.165, 1.54) is 32.1 Å². The SMILES string of the molecule is C=C[C@]1(C)CC=C2C(CCC3[C@@](C)(C=NO)CCC[C@]23C)C1. The van der Waals surface area contributed by atoms with Crippen LogP contribution in [0.2, 0.25) is 0 Å². The molecule has 3 rings (SSSR count). The predicted molar refractivity (Wildman–Crippen MR) is 92.2 cm³/mol. The molecule has 122 valence electrons. The van der Waals surface area contributed by atoms with Crippen LogP contribution in [-0.4, -0.2) is 11.4 Å². The highest BCUT2D eigenvalue weighted by molar-refractivity contribution is 5.66. The Kier molecular flexibility index (Phi) is 3.78. The molecule has 5 atom stereocenters. The van der Waals surface area contributed by atoms with Crippen LogP contribution in [0.5, 0.6) is 0 Å². The first-order valence-corrected chi connectivity index (χ1v) is 8.90. The third kappa shape index (κ3) is 2.26. The summed E-state index contributed by atoms with van der Waals surface area (Å²) in [5.74, 6) is 1.34. The minimum Gasteiger partial charge on any atom is -0.411 e. The van der Waals surface area contributed by atoms with Gasteiger partial charge in [0.15, 0.2) is 0 Å². The Morgan fingerprint density at radius 3 is 2.73 bits per heavy atom. The van der Waals surface area contributed by atoms with Gasteiger partial charge in [0.2, 0.25) is 0 Å². The molecule has 2 heteroatoms. The maximum atomic E-state index is 9.13. The summed E-state index contributed by atoms with van der Waals surface area (Å²) < 4.78 is 0. The highest BCUT2D eigenvalue weighted by Crippen LogP contribution is 2.63. The molecule has 0 aliphatic heterocycles. The fraction of sp³-hybridized carbons (Fsp3) is 0.750. The molecule has 3 aliphatic rings. The zero-order valence-electron chi connectivity index (χ0n) is 14.4. The first-order valence-electron chi connectivity index (χ1n) is 8.90. The van der Waals surface area contributed by atoms with E-state index in [0.717, 1.165) is 18.8 Å². The lowest BCUT2D eigenvalue weighted by molar-refractivity contribution is 0.0129. The van der Waals surface area contributed by atoms with Crippen LogP contribution in [-0.2, 0) is 0 Å². The minimum absolute atomic E-state index is 0.0484. The molecular formula is C20H31NO. The normalized spacial score (nSPS) is 48.4. The maximum absolute atomic E-state index is 9.13. The van der Waals surface area contributed by atoms with Crippen LogP contribution in [0.25, 0.3) is 0 Å². The van der Waals surface area contributed by atoms with Gasteiger partial charge in [-0.05, 0) is 61.2 Å². The van der Waals surface area contributed by atoms with Crippen molar-refractivity contribution in [3.8, 4) is 0 Å². The van der Waals surface area contributed by atoms with Crippen molar-refractivity contribution in [1.29, 1.82) is 0 Å². The van der Waals surface area contributed by atoms with E-state index in [0.29, 0.717) is 11.3 Å². The molecule has 2 fully saturated rings. The van der Waals surface area contributed by atoms with Gasteiger partial charge < -0.3 is 5.21 Å². The van der Waals surface area contributed by atoms with E-state index < -0.39 is 0 Å². The van der Waals surface area contributed by atoms with E-state index in [9.17, 15) is 0 Å². The molecular weight excluding hydrogens is 270 g/mol. The Hall–Kier alpha value is -1.05. The first-order chi connectivity index (χ1) is 10.4. The molecule has 0 spiro atoms. The topological polar surface area (TPSA) is 32.6 Å². The summed E-state index contributed by atoms with van der Waals surface area (Å²) in [5.41, 5.74) is 2.33. The molecule has 0 aromatic rings. The summed E-state index contributed by atoms with van der Waals surface area (Å²) in [7, 11) is 0. The second-order valence-electron chi connectivity index (χ2n) is 8.77. The number of oxime groups is 1. The van der Waals surface area contributed by atoms with Crippen molar-refractivity contribution in [2.75, 3.05) is 0 Å². The molecule has 2 saturated carbocycles. The molecule has 2 unspecified atom stereocenters.